The number of rotatable bonds is 5. The standard InChI is InChI=1S/C22H21Cl2NO3/c1-12(2)15-7-5-13(3)19(9-15)27-11-20(26)28-22-18(24)10-17(23)16-8-6-14(4)25-21(16)22/h5-10,12H,11H2,1-4H3. The van der Waals surface area contributed by atoms with Gasteiger partial charge in [0.05, 0.1) is 10.0 Å². The molecule has 6 heteroatoms. The molecule has 0 radical (unpaired) electrons. The van der Waals surface area contributed by atoms with E-state index in [0.717, 1.165) is 16.8 Å². The zero-order valence-corrected chi connectivity index (χ0v) is 17.7. The van der Waals surface area contributed by atoms with Gasteiger partial charge in [0.1, 0.15) is 11.3 Å². The van der Waals surface area contributed by atoms with Crippen LogP contribution in [-0.4, -0.2) is 17.6 Å². The first-order valence-corrected chi connectivity index (χ1v) is 9.71. The van der Waals surface area contributed by atoms with Crippen LogP contribution in [-0.2, 0) is 4.79 Å². The first-order chi connectivity index (χ1) is 13.3. The molecule has 0 aliphatic carbocycles. The minimum atomic E-state index is -0.567. The third-order valence-corrected chi connectivity index (χ3v) is 5.01. The van der Waals surface area contributed by atoms with Gasteiger partial charge in [-0.1, -0.05) is 49.2 Å². The number of hydrogen-bond donors (Lipinski definition) is 0. The molecule has 2 aromatic carbocycles. The number of carbonyl (C=O) groups is 1. The number of ether oxygens (including phenoxy) is 2. The van der Waals surface area contributed by atoms with Crippen molar-refractivity contribution in [3.8, 4) is 11.5 Å². The maximum Gasteiger partial charge on any atom is 0.349 e. The summed E-state index contributed by atoms with van der Waals surface area (Å²) >= 11 is 12.5. The average Bonchev–Trinajstić information content (AvgIpc) is 2.64. The van der Waals surface area contributed by atoms with Crippen molar-refractivity contribution in [2.24, 2.45) is 0 Å². The zero-order valence-electron chi connectivity index (χ0n) is 16.2. The Balaban J connectivity index is 1.81. The highest BCUT2D eigenvalue weighted by Gasteiger charge is 2.17. The molecule has 146 valence electrons. The number of carbonyl (C=O) groups excluding carboxylic acids is 1. The number of nitrogens with zero attached hydrogens (tertiary/aromatic N) is 1. The van der Waals surface area contributed by atoms with Crippen LogP contribution in [0.4, 0.5) is 0 Å². The Morgan fingerprint density at radius 3 is 2.54 bits per heavy atom. The van der Waals surface area contributed by atoms with E-state index in [-0.39, 0.29) is 17.4 Å². The van der Waals surface area contributed by atoms with E-state index in [1.807, 2.05) is 38.1 Å². The SMILES string of the molecule is Cc1ccc2c(Cl)cc(Cl)c(OC(=O)COc3cc(C(C)C)ccc3C)c2n1. The lowest BCUT2D eigenvalue weighted by atomic mass is 10.0. The van der Waals surface area contributed by atoms with E-state index in [4.69, 9.17) is 32.7 Å². The van der Waals surface area contributed by atoms with Crippen molar-refractivity contribution in [1.29, 1.82) is 0 Å². The highest BCUT2D eigenvalue weighted by atomic mass is 35.5. The van der Waals surface area contributed by atoms with Crippen molar-refractivity contribution >= 4 is 40.1 Å². The van der Waals surface area contributed by atoms with Gasteiger partial charge in [-0.2, -0.15) is 0 Å². The normalized spacial score (nSPS) is 11.1. The zero-order chi connectivity index (χ0) is 20.4. The van der Waals surface area contributed by atoms with Crippen molar-refractivity contribution < 1.29 is 14.3 Å². The van der Waals surface area contributed by atoms with Crippen molar-refractivity contribution in [3.63, 3.8) is 0 Å². The first kappa shape index (κ1) is 20.4. The van der Waals surface area contributed by atoms with Crippen LogP contribution in [0.15, 0.2) is 36.4 Å². The molecule has 3 aromatic rings. The molecule has 0 fully saturated rings. The molecule has 1 aromatic heterocycles. The quantitative estimate of drug-likeness (QED) is 0.362. The van der Waals surface area contributed by atoms with Crippen molar-refractivity contribution in [3.05, 3.63) is 63.3 Å². The lowest BCUT2D eigenvalue weighted by Crippen LogP contribution is -2.18. The van der Waals surface area contributed by atoms with E-state index in [1.165, 1.54) is 0 Å². The number of esters is 1. The van der Waals surface area contributed by atoms with Crippen LogP contribution in [0.3, 0.4) is 0 Å². The summed E-state index contributed by atoms with van der Waals surface area (Å²) in [5.41, 5.74) is 3.30. The number of aromatic nitrogens is 1. The number of aryl methyl sites for hydroxylation is 2. The van der Waals surface area contributed by atoms with Gasteiger partial charge in [0.15, 0.2) is 12.4 Å². The molecular weight excluding hydrogens is 397 g/mol. The van der Waals surface area contributed by atoms with E-state index in [0.29, 0.717) is 27.6 Å². The summed E-state index contributed by atoms with van der Waals surface area (Å²) in [5.74, 6) is 0.641. The highest BCUT2D eigenvalue weighted by molar-refractivity contribution is 6.39. The van der Waals surface area contributed by atoms with E-state index < -0.39 is 5.97 Å². The van der Waals surface area contributed by atoms with Gasteiger partial charge in [-0.25, -0.2) is 9.78 Å². The fourth-order valence-electron chi connectivity index (χ4n) is 2.80. The molecule has 0 N–H and O–H groups in total. The molecule has 0 unspecified atom stereocenters. The lowest BCUT2D eigenvalue weighted by Gasteiger charge is -2.14. The second-order valence-electron chi connectivity index (χ2n) is 6.96. The predicted octanol–water partition coefficient (Wildman–Crippen LogP) is 6.27. The number of hydrogen-bond acceptors (Lipinski definition) is 4. The molecule has 3 rings (SSSR count). The second kappa shape index (κ2) is 8.38. The summed E-state index contributed by atoms with van der Waals surface area (Å²) in [6.45, 7) is 7.74. The van der Waals surface area contributed by atoms with Gasteiger partial charge < -0.3 is 9.47 Å². The molecule has 0 aliphatic rings. The minimum absolute atomic E-state index is 0.186. The fraction of sp³-hybridized carbons (Fsp3) is 0.273. The molecular formula is C22H21Cl2NO3. The number of halogens is 2. The summed E-state index contributed by atoms with van der Waals surface area (Å²) in [6.07, 6.45) is 0. The molecule has 28 heavy (non-hydrogen) atoms. The van der Waals surface area contributed by atoms with Crippen LogP contribution in [0.1, 0.15) is 36.6 Å². The summed E-state index contributed by atoms with van der Waals surface area (Å²) < 4.78 is 11.2. The third-order valence-electron chi connectivity index (χ3n) is 4.42. The van der Waals surface area contributed by atoms with Crippen LogP contribution in [0, 0.1) is 13.8 Å². The van der Waals surface area contributed by atoms with Crippen LogP contribution in [0.25, 0.3) is 10.9 Å². The smallest absolute Gasteiger partial charge is 0.349 e. The Morgan fingerprint density at radius 1 is 1.07 bits per heavy atom. The Hall–Kier alpha value is -2.30. The first-order valence-electron chi connectivity index (χ1n) is 8.95. The molecule has 4 nitrogen and oxygen atoms in total. The topological polar surface area (TPSA) is 48.4 Å². The third kappa shape index (κ3) is 4.40. The largest absolute Gasteiger partial charge is 0.482 e. The molecule has 0 bridgehead atoms. The highest BCUT2D eigenvalue weighted by Crippen LogP contribution is 2.37. The van der Waals surface area contributed by atoms with Crippen LogP contribution >= 0.6 is 23.2 Å². The van der Waals surface area contributed by atoms with Gasteiger partial charge in [0.25, 0.3) is 0 Å². The summed E-state index contributed by atoms with van der Waals surface area (Å²) in [6, 6.07) is 11.2. The number of benzene rings is 2. The molecule has 1 heterocycles. The van der Waals surface area contributed by atoms with E-state index in [9.17, 15) is 4.79 Å². The lowest BCUT2D eigenvalue weighted by molar-refractivity contribution is -0.136. The van der Waals surface area contributed by atoms with Crippen molar-refractivity contribution in [2.45, 2.75) is 33.6 Å². The summed E-state index contributed by atoms with van der Waals surface area (Å²) in [4.78, 5) is 16.8. The van der Waals surface area contributed by atoms with E-state index in [2.05, 4.69) is 24.9 Å². The Bertz CT molecular complexity index is 1050. The van der Waals surface area contributed by atoms with Gasteiger partial charge in [-0.3, -0.25) is 0 Å². The molecule has 0 saturated carbocycles. The second-order valence-corrected chi connectivity index (χ2v) is 7.77. The van der Waals surface area contributed by atoms with Gasteiger partial charge in [0.2, 0.25) is 0 Å². The van der Waals surface area contributed by atoms with Gasteiger partial charge >= 0.3 is 5.97 Å². The van der Waals surface area contributed by atoms with Crippen LogP contribution < -0.4 is 9.47 Å². The maximum absolute atomic E-state index is 12.4. The molecule has 0 spiro atoms. The molecule has 0 amide bonds. The van der Waals surface area contributed by atoms with Gasteiger partial charge in [-0.15, -0.1) is 0 Å². The Labute approximate surface area is 174 Å². The maximum atomic E-state index is 12.4. The summed E-state index contributed by atoms with van der Waals surface area (Å²) in [5, 5.41) is 1.34. The fourth-order valence-corrected chi connectivity index (χ4v) is 3.35. The van der Waals surface area contributed by atoms with E-state index >= 15 is 0 Å². The average molecular weight is 418 g/mol. The Morgan fingerprint density at radius 2 is 1.82 bits per heavy atom. The molecule has 0 atom stereocenters. The predicted molar refractivity (Wildman–Crippen MR) is 113 cm³/mol. The van der Waals surface area contributed by atoms with Crippen molar-refractivity contribution in [1.82, 2.24) is 4.98 Å². The van der Waals surface area contributed by atoms with Gasteiger partial charge in [-0.05, 0) is 55.2 Å². The monoisotopic (exact) mass is 417 g/mol. The molecule has 0 aliphatic heterocycles. The molecule has 0 saturated heterocycles. The van der Waals surface area contributed by atoms with Gasteiger partial charge in [0, 0.05) is 11.1 Å². The Kier molecular flexibility index (Phi) is 6.11. The number of pyridine rings is 1. The van der Waals surface area contributed by atoms with Crippen molar-refractivity contribution in [2.75, 3.05) is 6.61 Å². The van der Waals surface area contributed by atoms with E-state index in [1.54, 1.807) is 6.07 Å². The van der Waals surface area contributed by atoms with Crippen LogP contribution in [0.5, 0.6) is 11.5 Å². The summed E-state index contributed by atoms with van der Waals surface area (Å²) in [7, 11) is 0. The van der Waals surface area contributed by atoms with Crippen LogP contribution in [0.2, 0.25) is 10.0 Å². The number of fused-ring (bicyclic) bond motifs is 1. The minimum Gasteiger partial charge on any atom is -0.482 e.